The minimum atomic E-state index is -0.806. The molecule has 2 aliphatic carbocycles. The van der Waals surface area contributed by atoms with Gasteiger partial charge in [0.25, 0.3) is 17.4 Å². The summed E-state index contributed by atoms with van der Waals surface area (Å²) >= 11 is 0. The zero-order valence-electron chi connectivity index (χ0n) is 23.3. The second-order valence-electron chi connectivity index (χ2n) is 10.7. The summed E-state index contributed by atoms with van der Waals surface area (Å²) in [5, 5.41) is 8.31. The monoisotopic (exact) mass is 549 g/mol. The molecule has 3 aromatic rings. The van der Waals surface area contributed by atoms with E-state index in [0.29, 0.717) is 16.8 Å². The van der Waals surface area contributed by atoms with Gasteiger partial charge in [-0.15, -0.1) is 0 Å². The van der Waals surface area contributed by atoms with Crippen molar-refractivity contribution in [3.63, 3.8) is 0 Å². The second kappa shape index (κ2) is 11.1. The van der Waals surface area contributed by atoms with Gasteiger partial charge in [0.05, 0.1) is 24.2 Å². The molecule has 1 N–H and O–H groups in total. The second-order valence-corrected chi connectivity index (χ2v) is 10.7. The van der Waals surface area contributed by atoms with Gasteiger partial charge in [0, 0.05) is 49.9 Å². The summed E-state index contributed by atoms with van der Waals surface area (Å²) in [6, 6.07) is 7.27. The van der Waals surface area contributed by atoms with Crippen LogP contribution >= 0.6 is 0 Å². The van der Waals surface area contributed by atoms with E-state index in [4.69, 9.17) is 14.6 Å². The van der Waals surface area contributed by atoms with Crippen molar-refractivity contribution >= 4 is 34.4 Å². The minimum Gasteiger partial charge on any atom is -0.496 e. The third-order valence-corrected chi connectivity index (χ3v) is 7.88. The molecule has 1 atom stereocenters. The van der Waals surface area contributed by atoms with Crippen molar-refractivity contribution < 1.29 is 23.9 Å². The van der Waals surface area contributed by atoms with Crippen LogP contribution < -0.4 is 15.6 Å². The molecule has 40 heavy (non-hydrogen) atoms. The van der Waals surface area contributed by atoms with E-state index >= 15 is 0 Å². The largest absolute Gasteiger partial charge is 0.496 e. The third kappa shape index (κ3) is 5.59. The maximum atomic E-state index is 13.2. The van der Waals surface area contributed by atoms with E-state index in [9.17, 15) is 19.2 Å². The average molecular weight is 550 g/mol. The maximum absolute atomic E-state index is 13.2. The number of amides is 2. The van der Waals surface area contributed by atoms with Crippen molar-refractivity contribution in [3.8, 4) is 5.75 Å². The minimum absolute atomic E-state index is 0.0598. The number of anilines is 1. The summed E-state index contributed by atoms with van der Waals surface area (Å²) in [7, 11) is 3.25. The van der Waals surface area contributed by atoms with E-state index in [0.717, 1.165) is 43.9 Å². The van der Waals surface area contributed by atoms with Crippen LogP contribution in [0, 0.1) is 0 Å². The van der Waals surface area contributed by atoms with Crippen LogP contribution in [-0.4, -0.2) is 63.3 Å². The van der Waals surface area contributed by atoms with E-state index in [-0.39, 0.29) is 35.3 Å². The highest BCUT2D eigenvalue weighted by molar-refractivity contribution is 6.08. The number of rotatable bonds is 8. The summed E-state index contributed by atoms with van der Waals surface area (Å²) in [5.41, 5.74) is 1.05. The predicted molar refractivity (Wildman–Crippen MR) is 149 cm³/mol. The summed E-state index contributed by atoms with van der Waals surface area (Å²) in [5.74, 6) is -0.728. The molecule has 2 fully saturated rings. The van der Waals surface area contributed by atoms with Crippen molar-refractivity contribution in [2.75, 3.05) is 19.5 Å². The lowest BCUT2D eigenvalue weighted by atomic mass is 9.90. The van der Waals surface area contributed by atoms with Gasteiger partial charge in [-0.1, -0.05) is 0 Å². The van der Waals surface area contributed by atoms with Gasteiger partial charge in [-0.3, -0.25) is 23.9 Å². The first-order chi connectivity index (χ1) is 19.2. The number of benzene rings is 1. The van der Waals surface area contributed by atoms with Gasteiger partial charge in [0.1, 0.15) is 11.4 Å². The lowest BCUT2D eigenvalue weighted by molar-refractivity contribution is -0.158. The van der Waals surface area contributed by atoms with Crippen LogP contribution in [0.3, 0.4) is 0 Å². The Morgan fingerprint density at radius 1 is 1.10 bits per heavy atom. The molecule has 2 aromatic heterocycles. The average Bonchev–Trinajstić information content (AvgIpc) is 3.70. The van der Waals surface area contributed by atoms with Gasteiger partial charge in [-0.25, -0.2) is 0 Å². The fourth-order valence-corrected chi connectivity index (χ4v) is 5.52. The lowest BCUT2D eigenvalue weighted by Crippen LogP contribution is -2.45. The highest BCUT2D eigenvalue weighted by atomic mass is 16.5. The number of likely N-dealkylation sites (N-methyl/N-ethyl adjacent to an activating group) is 1. The van der Waals surface area contributed by atoms with E-state index in [1.165, 1.54) is 14.0 Å². The molecule has 2 heterocycles. The van der Waals surface area contributed by atoms with Crippen molar-refractivity contribution in [1.82, 2.24) is 19.2 Å². The first kappa shape index (κ1) is 27.4. The van der Waals surface area contributed by atoms with Gasteiger partial charge in [-0.05, 0) is 63.6 Å². The Bertz CT molecular complexity index is 1500. The number of nitrogens with one attached hydrogen (secondary N) is 1. The molecule has 0 unspecified atom stereocenters. The summed E-state index contributed by atoms with van der Waals surface area (Å²) in [4.78, 5) is 51.6. The molecule has 2 amide bonds. The Kier molecular flexibility index (Phi) is 7.64. The number of methoxy groups -OCH3 is 1. The molecule has 11 nitrogen and oxygen atoms in total. The SMILES string of the molecule is COc1cc2nn([C@H]3CC[C@H](N(C)C(=O)[C@H](C)OC(C)=O)CC3)cc2cc1C(=O)Nc1cccn(C2CC2)c1=O. The van der Waals surface area contributed by atoms with Crippen LogP contribution in [0.4, 0.5) is 5.69 Å². The predicted octanol–water partition coefficient (Wildman–Crippen LogP) is 3.69. The Morgan fingerprint density at radius 3 is 2.45 bits per heavy atom. The highest BCUT2D eigenvalue weighted by Crippen LogP contribution is 2.34. The van der Waals surface area contributed by atoms with Crippen LogP contribution in [0.25, 0.3) is 10.9 Å². The summed E-state index contributed by atoms with van der Waals surface area (Å²) in [6.07, 6.45) is 8.05. The quantitative estimate of drug-likeness (QED) is 0.425. The Labute approximate surface area is 232 Å². The van der Waals surface area contributed by atoms with E-state index in [2.05, 4.69) is 5.32 Å². The van der Waals surface area contributed by atoms with Crippen LogP contribution in [0.1, 0.15) is 74.8 Å². The highest BCUT2D eigenvalue weighted by Gasteiger charge is 2.31. The standard InChI is InChI=1S/C29H35N5O6/c1-17(40-18(2)35)28(37)32(3)20-7-11-22(12-8-20)34-16-19-14-23(26(39-4)15-25(19)31-34)27(36)30-24-6-5-13-33(29(24)38)21-9-10-21/h5-6,13-17,20-22H,7-12H2,1-4H3,(H,30,36)/t17-,20-,22-/m0/s1. The number of carbonyl (C=O) groups is 3. The van der Waals surface area contributed by atoms with Crippen molar-refractivity contribution in [2.45, 2.75) is 76.6 Å². The molecule has 0 spiro atoms. The van der Waals surface area contributed by atoms with Gasteiger partial charge < -0.3 is 24.3 Å². The van der Waals surface area contributed by atoms with Gasteiger partial charge in [0.2, 0.25) is 0 Å². The molecule has 11 heteroatoms. The summed E-state index contributed by atoms with van der Waals surface area (Å²) in [6.45, 7) is 2.89. The van der Waals surface area contributed by atoms with Crippen LogP contribution in [0.15, 0.2) is 41.5 Å². The molecule has 2 aliphatic rings. The number of hydrogen-bond acceptors (Lipinski definition) is 7. The third-order valence-electron chi connectivity index (χ3n) is 7.88. The fourth-order valence-electron chi connectivity index (χ4n) is 5.52. The molecular formula is C29H35N5O6. The first-order valence-corrected chi connectivity index (χ1v) is 13.7. The molecule has 0 saturated heterocycles. The van der Waals surface area contributed by atoms with Crippen LogP contribution in [-0.2, 0) is 14.3 Å². The normalized spacial score (nSPS) is 19.6. The van der Waals surface area contributed by atoms with Crippen molar-refractivity contribution in [2.24, 2.45) is 0 Å². The summed E-state index contributed by atoms with van der Waals surface area (Å²) < 4.78 is 14.2. The van der Waals surface area contributed by atoms with Crippen molar-refractivity contribution in [1.29, 1.82) is 0 Å². The molecular weight excluding hydrogens is 514 g/mol. The van der Waals surface area contributed by atoms with E-state index < -0.39 is 18.0 Å². The van der Waals surface area contributed by atoms with Crippen molar-refractivity contribution in [3.05, 3.63) is 52.6 Å². The Balaban J connectivity index is 1.29. The first-order valence-electron chi connectivity index (χ1n) is 13.7. The number of pyridine rings is 1. The molecule has 2 saturated carbocycles. The maximum Gasteiger partial charge on any atom is 0.303 e. The Morgan fingerprint density at radius 2 is 1.80 bits per heavy atom. The molecule has 5 rings (SSSR count). The number of fused-ring (bicyclic) bond motifs is 1. The van der Waals surface area contributed by atoms with Crippen LogP contribution in [0.5, 0.6) is 5.75 Å². The number of hydrogen-bond donors (Lipinski definition) is 1. The number of ether oxygens (including phenoxy) is 2. The number of carbonyl (C=O) groups excluding carboxylic acids is 3. The van der Waals surface area contributed by atoms with Gasteiger partial charge >= 0.3 is 5.97 Å². The molecule has 1 aromatic carbocycles. The van der Waals surface area contributed by atoms with Gasteiger partial charge in [-0.2, -0.15) is 5.10 Å². The van der Waals surface area contributed by atoms with E-state index in [1.54, 1.807) is 53.9 Å². The zero-order valence-corrected chi connectivity index (χ0v) is 23.3. The number of aromatic nitrogens is 3. The molecule has 0 bridgehead atoms. The number of esters is 1. The molecule has 0 radical (unpaired) electrons. The lowest BCUT2D eigenvalue weighted by Gasteiger charge is -2.35. The van der Waals surface area contributed by atoms with E-state index in [1.807, 2.05) is 10.9 Å². The smallest absolute Gasteiger partial charge is 0.303 e. The number of nitrogens with zero attached hydrogens (tertiary/aromatic N) is 4. The Hall–Kier alpha value is -4.15. The zero-order chi connectivity index (χ0) is 28.6. The van der Waals surface area contributed by atoms with Crippen LogP contribution in [0.2, 0.25) is 0 Å². The molecule has 212 valence electrons. The fraction of sp³-hybridized carbons (Fsp3) is 0.483. The topological polar surface area (TPSA) is 125 Å². The molecule has 0 aliphatic heterocycles. The van der Waals surface area contributed by atoms with Gasteiger partial charge in [0.15, 0.2) is 6.10 Å².